The van der Waals surface area contributed by atoms with Gasteiger partial charge in [-0.25, -0.2) is 9.97 Å². The second kappa shape index (κ2) is 7.99. The molecule has 2 aliphatic rings. The molecule has 5 nitrogen and oxygen atoms in total. The number of amides is 1. The molecule has 0 aliphatic carbocycles. The minimum atomic E-state index is 0.149. The predicted octanol–water partition coefficient (Wildman–Crippen LogP) is 4.51. The Morgan fingerprint density at radius 3 is 2.85 bits per heavy atom. The SMILES string of the molecule is CCCC1CCCN(C(=O)c2cc(C)nc3c2nc2n3CCCCC2)CC1. The first-order chi connectivity index (χ1) is 13.2. The molecule has 0 bridgehead atoms. The van der Waals surface area contributed by atoms with E-state index in [-0.39, 0.29) is 5.91 Å². The number of likely N-dealkylation sites (tertiary alicyclic amines) is 1. The van der Waals surface area contributed by atoms with Crippen molar-refractivity contribution in [2.24, 2.45) is 5.92 Å². The molecule has 4 rings (SSSR count). The number of pyridine rings is 1. The van der Waals surface area contributed by atoms with Gasteiger partial charge in [-0.05, 0) is 51.0 Å². The summed E-state index contributed by atoms with van der Waals surface area (Å²) < 4.78 is 2.26. The number of aryl methyl sites for hydroxylation is 3. The molecule has 5 heteroatoms. The fourth-order valence-electron chi connectivity index (χ4n) is 4.81. The molecule has 0 N–H and O–H groups in total. The molecule has 27 heavy (non-hydrogen) atoms. The second-order valence-corrected chi connectivity index (χ2v) is 8.35. The Morgan fingerprint density at radius 2 is 2.00 bits per heavy atom. The van der Waals surface area contributed by atoms with Crippen molar-refractivity contribution < 1.29 is 4.79 Å². The standard InChI is InChI=1S/C22H32N4O/c1-3-8-17-9-7-12-25(14-11-17)22(27)18-15-16(2)23-21-20(18)24-19-10-5-4-6-13-26(19)21/h15,17H,3-14H2,1-2H3. The minimum Gasteiger partial charge on any atom is -0.339 e. The van der Waals surface area contributed by atoms with Crippen molar-refractivity contribution >= 4 is 17.1 Å². The van der Waals surface area contributed by atoms with Gasteiger partial charge in [-0.1, -0.05) is 26.2 Å². The van der Waals surface area contributed by atoms with Gasteiger partial charge >= 0.3 is 0 Å². The van der Waals surface area contributed by atoms with Crippen LogP contribution in [0.25, 0.3) is 11.2 Å². The van der Waals surface area contributed by atoms with Crippen LogP contribution in [0.15, 0.2) is 6.07 Å². The van der Waals surface area contributed by atoms with Gasteiger partial charge < -0.3 is 9.47 Å². The first kappa shape index (κ1) is 18.5. The van der Waals surface area contributed by atoms with E-state index in [2.05, 4.69) is 16.4 Å². The number of carbonyl (C=O) groups excluding carboxylic acids is 1. The zero-order valence-corrected chi connectivity index (χ0v) is 16.8. The summed E-state index contributed by atoms with van der Waals surface area (Å²) in [7, 11) is 0. The fraction of sp³-hybridized carbons (Fsp3) is 0.682. The Kier molecular flexibility index (Phi) is 5.46. The van der Waals surface area contributed by atoms with Crippen LogP contribution in [0.4, 0.5) is 0 Å². The average molecular weight is 369 g/mol. The van der Waals surface area contributed by atoms with E-state index >= 15 is 0 Å². The van der Waals surface area contributed by atoms with Crippen molar-refractivity contribution in [3.63, 3.8) is 0 Å². The Labute approximate surface area is 162 Å². The number of carbonyl (C=O) groups is 1. The van der Waals surface area contributed by atoms with Gasteiger partial charge in [-0.15, -0.1) is 0 Å². The third-order valence-electron chi connectivity index (χ3n) is 6.25. The molecule has 146 valence electrons. The Hall–Kier alpha value is -1.91. The number of hydrogen-bond acceptors (Lipinski definition) is 3. The van der Waals surface area contributed by atoms with Gasteiger partial charge in [0.15, 0.2) is 5.65 Å². The Morgan fingerprint density at radius 1 is 1.11 bits per heavy atom. The lowest BCUT2D eigenvalue weighted by Crippen LogP contribution is -2.32. The summed E-state index contributed by atoms with van der Waals surface area (Å²) in [6, 6.07) is 1.95. The number of aromatic nitrogens is 3. The zero-order valence-electron chi connectivity index (χ0n) is 16.8. The lowest BCUT2D eigenvalue weighted by atomic mass is 9.96. The summed E-state index contributed by atoms with van der Waals surface area (Å²) in [6.07, 6.45) is 10.6. The van der Waals surface area contributed by atoms with E-state index in [1.165, 1.54) is 38.5 Å². The van der Waals surface area contributed by atoms with Crippen LogP contribution in [0.5, 0.6) is 0 Å². The molecule has 1 atom stereocenters. The Bertz CT molecular complexity index is 825. The van der Waals surface area contributed by atoms with E-state index in [9.17, 15) is 4.79 Å². The van der Waals surface area contributed by atoms with Crippen molar-refractivity contribution in [3.8, 4) is 0 Å². The first-order valence-electron chi connectivity index (χ1n) is 10.8. The van der Waals surface area contributed by atoms with Crippen LogP contribution in [0.1, 0.15) is 80.2 Å². The van der Waals surface area contributed by atoms with Crippen LogP contribution in [0.2, 0.25) is 0 Å². The van der Waals surface area contributed by atoms with Gasteiger partial charge in [-0.3, -0.25) is 4.79 Å². The number of imidazole rings is 1. The maximum Gasteiger partial charge on any atom is 0.256 e. The van der Waals surface area contributed by atoms with E-state index < -0.39 is 0 Å². The molecular weight excluding hydrogens is 336 g/mol. The molecule has 2 aliphatic heterocycles. The van der Waals surface area contributed by atoms with Gasteiger partial charge in [0, 0.05) is 31.7 Å². The lowest BCUT2D eigenvalue weighted by Gasteiger charge is -2.21. The molecule has 0 radical (unpaired) electrons. The van der Waals surface area contributed by atoms with Gasteiger partial charge in [0.25, 0.3) is 5.91 Å². The second-order valence-electron chi connectivity index (χ2n) is 8.35. The molecule has 1 fully saturated rings. The van der Waals surface area contributed by atoms with E-state index in [0.29, 0.717) is 0 Å². The Balaban J connectivity index is 1.65. The van der Waals surface area contributed by atoms with Crippen molar-refractivity contribution in [2.45, 2.75) is 78.2 Å². The summed E-state index contributed by atoms with van der Waals surface area (Å²) in [4.78, 5) is 25.1. The van der Waals surface area contributed by atoms with E-state index in [1.54, 1.807) is 0 Å². The van der Waals surface area contributed by atoms with Gasteiger partial charge in [0.1, 0.15) is 11.3 Å². The maximum absolute atomic E-state index is 13.4. The normalized spacial score (nSPS) is 21.0. The highest BCUT2D eigenvalue weighted by Gasteiger charge is 2.26. The average Bonchev–Trinajstić information content (AvgIpc) is 2.85. The van der Waals surface area contributed by atoms with Crippen LogP contribution in [0.3, 0.4) is 0 Å². The van der Waals surface area contributed by atoms with Gasteiger partial charge in [0.2, 0.25) is 0 Å². The van der Waals surface area contributed by atoms with E-state index in [0.717, 1.165) is 73.1 Å². The van der Waals surface area contributed by atoms with Crippen LogP contribution in [-0.2, 0) is 13.0 Å². The molecular formula is C22H32N4O. The molecule has 1 saturated heterocycles. The van der Waals surface area contributed by atoms with Crippen LogP contribution >= 0.6 is 0 Å². The summed E-state index contributed by atoms with van der Waals surface area (Å²) in [5.41, 5.74) is 3.40. The molecule has 0 aromatic carbocycles. The van der Waals surface area contributed by atoms with E-state index in [4.69, 9.17) is 9.97 Å². The first-order valence-corrected chi connectivity index (χ1v) is 10.8. The molecule has 4 heterocycles. The van der Waals surface area contributed by atoms with Crippen LogP contribution in [0, 0.1) is 12.8 Å². The van der Waals surface area contributed by atoms with Gasteiger partial charge in [0.05, 0.1) is 5.56 Å². The monoisotopic (exact) mass is 368 g/mol. The summed E-state index contributed by atoms with van der Waals surface area (Å²) in [5.74, 6) is 2.03. The summed E-state index contributed by atoms with van der Waals surface area (Å²) in [5, 5.41) is 0. The van der Waals surface area contributed by atoms with Crippen molar-refractivity contribution in [1.29, 1.82) is 0 Å². The van der Waals surface area contributed by atoms with Crippen LogP contribution < -0.4 is 0 Å². The minimum absolute atomic E-state index is 0.149. The molecule has 0 spiro atoms. The maximum atomic E-state index is 13.4. The lowest BCUT2D eigenvalue weighted by molar-refractivity contribution is 0.0761. The van der Waals surface area contributed by atoms with Crippen molar-refractivity contribution in [1.82, 2.24) is 19.4 Å². The molecule has 1 unspecified atom stereocenters. The largest absolute Gasteiger partial charge is 0.339 e. The topological polar surface area (TPSA) is 51.0 Å². The number of rotatable bonds is 3. The quantitative estimate of drug-likeness (QED) is 0.801. The highest BCUT2D eigenvalue weighted by atomic mass is 16.2. The molecule has 2 aromatic heterocycles. The number of fused-ring (bicyclic) bond motifs is 3. The fourth-order valence-corrected chi connectivity index (χ4v) is 4.81. The van der Waals surface area contributed by atoms with Gasteiger partial charge in [-0.2, -0.15) is 0 Å². The van der Waals surface area contributed by atoms with Crippen molar-refractivity contribution in [2.75, 3.05) is 13.1 Å². The third-order valence-corrected chi connectivity index (χ3v) is 6.25. The van der Waals surface area contributed by atoms with E-state index in [1.807, 2.05) is 13.0 Å². The molecule has 1 amide bonds. The predicted molar refractivity (Wildman–Crippen MR) is 108 cm³/mol. The van der Waals surface area contributed by atoms with Crippen LogP contribution in [-0.4, -0.2) is 38.4 Å². The highest BCUT2D eigenvalue weighted by Crippen LogP contribution is 2.27. The number of hydrogen-bond donors (Lipinski definition) is 0. The zero-order chi connectivity index (χ0) is 18.8. The summed E-state index contributed by atoms with van der Waals surface area (Å²) >= 11 is 0. The highest BCUT2D eigenvalue weighted by molar-refractivity contribution is 6.04. The smallest absolute Gasteiger partial charge is 0.256 e. The third kappa shape index (κ3) is 3.74. The van der Waals surface area contributed by atoms with Crippen molar-refractivity contribution in [3.05, 3.63) is 23.1 Å². The summed E-state index contributed by atoms with van der Waals surface area (Å²) in [6.45, 7) is 6.97. The molecule has 0 saturated carbocycles. The number of nitrogens with zero attached hydrogens (tertiary/aromatic N) is 4. The molecule has 2 aromatic rings.